The van der Waals surface area contributed by atoms with Gasteiger partial charge in [0.05, 0.1) is 16.7 Å². The van der Waals surface area contributed by atoms with Crippen LogP contribution in [0.4, 0.5) is 0 Å². The van der Waals surface area contributed by atoms with Gasteiger partial charge in [0.25, 0.3) is 0 Å². The van der Waals surface area contributed by atoms with Crippen molar-refractivity contribution in [1.82, 2.24) is 4.57 Å². The quantitative estimate of drug-likeness (QED) is 0.186. The van der Waals surface area contributed by atoms with E-state index in [1.807, 2.05) is 0 Å². The van der Waals surface area contributed by atoms with Crippen LogP contribution in [0.2, 0.25) is 0 Å². The van der Waals surface area contributed by atoms with Crippen LogP contribution < -0.4 is 0 Å². The molecule has 8 aromatic rings. The third kappa shape index (κ3) is 3.21. The van der Waals surface area contributed by atoms with Crippen molar-refractivity contribution in [2.24, 2.45) is 0 Å². The van der Waals surface area contributed by atoms with Gasteiger partial charge >= 0.3 is 0 Å². The van der Waals surface area contributed by atoms with E-state index in [-0.39, 0.29) is 5.41 Å². The Morgan fingerprint density at radius 2 is 1.35 bits per heavy atom. The van der Waals surface area contributed by atoms with Crippen molar-refractivity contribution in [3.63, 3.8) is 0 Å². The van der Waals surface area contributed by atoms with E-state index in [2.05, 4.69) is 152 Å². The second-order valence-electron chi connectivity index (χ2n) is 13.4. The molecule has 0 amide bonds. The van der Waals surface area contributed by atoms with Crippen molar-refractivity contribution in [3.05, 3.63) is 145 Å². The lowest BCUT2D eigenvalue weighted by Crippen LogP contribution is -2.20. The highest BCUT2D eigenvalue weighted by molar-refractivity contribution is 6.31. The Balaban J connectivity index is 1.48. The molecule has 6 aromatic carbocycles. The van der Waals surface area contributed by atoms with E-state index < -0.39 is 0 Å². The van der Waals surface area contributed by atoms with Gasteiger partial charge in [-0.2, -0.15) is 0 Å². The van der Waals surface area contributed by atoms with Crippen LogP contribution in [0.15, 0.2) is 138 Å². The Morgan fingerprint density at radius 1 is 0.652 bits per heavy atom. The topological polar surface area (TPSA) is 18.1 Å². The molecule has 2 aliphatic carbocycles. The average Bonchev–Trinajstić information content (AvgIpc) is 3.73. The van der Waals surface area contributed by atoms with E-state index in [4.69, 9.17) is 4.42 Å². The minimum absolute atomic E-state index is 0.219. The van der Waals surface area contributed by atoms with Crippen molar-refractivity contribution in [3.8, 4) is 27.9 Å². The van der Waals surface area contributed by atoms with E-state index in [0.717, 1.165) is 39.5 Å². The number of para-hydroxylation sites is 2. The molecule has 0 saturated carbocycles. The molecule has 0 fully saturated rings. The van der Waals surface area contributed by atoms with Gasteiger partial charge in [-0.1, -0.05) is 130 Å². The molecule has 2 aromatic heterocycles. The minimum atomic E-state index is -0.219. The summed E-state index contributed by atoms with van der Waals surface area (Å²) in [7, 11) is 0. The summed E-state index contributed by atoms with van der Waals surface area (Å²) < 4.78 is 9.40. The van der Waals surface area contributed by atoms with Crippen LogP contribution in [0.1, 0.15) is 31.4 Å². The monoisotopic (exact) mass is 589 g/mol. The van der Waals surface area contributed by atoms with Crippen molar-refractivity contribution in [2.75, 3.05) is 0 Å². The third-order valence-electron chi connectivity index (χ3n) is 10.4. The zero-order valence-corrected chi connectivity index (χ0v) is 25.9. The third-order valence-corrected chi connectivity index (χ3v) is 10.4. The Hall–Kier alpha value is -5.60. The van der Waals surface area contributed by atoms with E-state index in [1.165, 1.54) is 66.1 Å². The first-order valence-corrected chi connectivity index (χ1v) is 16.1. The van der Waals surface area contributed by atoms with Crippen LogP contribution in [0.5, 0.6) is 0 Å². The fraction of sp³-hybridized carbons (Fsp3) is 0.0909. The van der Waals surface area contributed by atoms with Gasteiger partial charge in [0.15, 0.2) is 0 Å². The zero-order valence-electron chi connectivity index (χ0n) is 25.9. The van der Waals surface area contributed by atoms with Crippen LogP contribution >= 0.6 is 0 Å². The molecular formula is C44H31NO. The number of furan rings is 1. The van der Waals surface area contributed by atoms with Crippen LogP contribution in [0.3, 0.4) is 0 Å². The van der Waals surface area contributed by atoms with Gasteiger partial charge in [-0.05, 0) is 68.8 Å². The number of hydrogen-bond acceptors (Lipinski definition) is 1. The molecular weight excluding hydrogens is 558 g/mol. The molecule has 0 atom stereocenters. The number of rotatable bonds is 1. The van der Waals surface area contributed by atoms with Crippen molar-refractivity contribution < 1.29 is 4.42 Å². The standard InChI is InChI=1S/C44H31NO/c1-26-14-5-4-12-25-44(2,3)41-37(26)43-40(33-18-9-11-22-36(33)46-43)39-32-17-8-10-21-34(32)45(42(39)41)35-24-23-30-28-16-7-6-15-27(28)29-19-13-20-31(35)38(29)30/h4-24H,1,25H2,2-3H3/b12-4-,14-5-. The van der Waals surface area contributed by atoms with Crippen LogP contribution in [-0.2, 0) is 5.41 Å². The highest BCUT2D eigenvalue weighted by atomic mass is 16.3. The van der Waals surface area contributed by atoms with Gasteiger partial charge in [-0.3, -0.25) is 0 Å². The zero-order chi connectivity index (χ0) is 30.7. The smallest absolute Gasteiger partial charge is 0.144 e. The number of aromatic nitrogens is 1. The maximum atomic E-state index is 6.85. The second-order valence-corrected chi connectivity index (χ2v) is 13.4. The molecule has 0 bridgehead atoms. The van der Waals surface area contributed by atoms with Gasteiger partial charge in [0.1, 0.15) is 11.2 Å². The Bertz CT molecular complexity index is 2680. The first-order valence-electron chi connectivity index (χ1n) is 16.1. The van der Waals surface area contributed by atoms with Gasteiger partial charge in [0.2, 0.25) is 0 Å². The van der Waals surface area contributed by atoms with Crippen LogP contribution in [0, 0.1) is 0 Å². The van der Waals surface area contributed by atoms with Crippen molar-refractivity contribution in [1.29, 1.82) is 0 Å². The summed E-state index contributed by atoms with van der Waals surface area (Å²) in [6, 6.07) is 37.7. The van der Waals surface area contributed by atoms with Gasteiger partial charge < -0.3 is 8.98 Å². The number of nitrogens with zero attached hydrogens (tertiary/aromatic N) is 1. The average molecular weight is 590 g/mol. The molecule has 0 unspecified atom stereocenters. The maximum Gasteiger partial charge on any atom is 0.144 e. The molecule has 46 heavy (non-hydrogen) atoms. The minimum Gasteiger partial charge on any atom is -0.455 e. The molecule has 2 heterocycles. The Morgan fingerprint density at radius 3 is 2.20 bits per heavy atom. The van der Waals surface area contributed by atoms with Crippen LogP contribution in [0.25, 0.3) is 88.0 Å². The van der Waals surface area contributed by atoms with E-state index in [1.54, 1.807) is 0 Å². The summed E-state index contributed by atoms with van der Waals surface area (Å²) in [5, 5.41) is 7.37. The first kappa shape index (κ1) is 25.7. The number of allylic oxidation sites excluding steroid dienone is 5. The fourth-order valence-electron chi connectivity index (χ4n) is 8.43. The molecule has 0 radical (unpaired) electrons. The summed E-state index contributed by atoms with van der Waals surface area (Å²) >= 11 is 0. The molecule has 0 aliphatic heterocycles. The highest BCUT2D eigenvalue weighted by Crippen LogP contribution is 2.53. The van der Waals surface area contributed by atoms with E-state index in [9.17, 15) is 0 Å². The summed E-state index contributed by atoms with van der Waals surface area (Å²) in [5.41, 5.74) is 13.8. The SMILES string of the molecule is C=C1/C=C\C=C/CC(C)(C)c2c1c1oc3ccccc3c1c1c3ccccc3n(-c3ccc4c5c(cccc35)-c3ccccc3-4)c21. The van der Waals surface area contributed by atoms with Gasteiger partial charge in [-0.25, -0.2) is 0 Å². The second kappa shape index (κ2) is 8.99. The predicted molar refractivity (Wildman–Crippen MR) is 195 cm³/mol. The molecule has 0 spiro atoms. The number of fused-ring (bicyclic) bond motifs is 13. The number of benzene rings is 6. The fourth-order valence-corrected chi connectivity index (χ4v) is 8.43. The molecule has 0 saturated heterocycles. The normalized spacial score (nSPS) is 16.5. The maximum absolute atomic E-state index is 6.85. The molecule has 2 aliphatic rings. The lowest BCUT2D eigenvalue weighted by molar-refractivity contribution is 0.535. The van der Waals surface area contributed by atoms with E-state index >= 15 is 0 Å². The van der Waals surface area contributed by atoms with E-state index in [0.29, 0.717) is 0 Å². The predicted octanol–water partition coefficient (Wildman–Crippen LogP) is 12.3. The molecule has 218 valence electrons. The molecule has 10 rings (SSSR count). The Labute approximate surface area is 267 Å². The lowest BCUT2D eigenvalue weighted by atomic mass is 9.76. The lowest BCUT2D eigenvalue weighted by Gasteiger charge is -2.29. The highest BCUT2D eigenvalue weighted by Gasteiger charge is 2.34. The summed E-state index contributed by atoms with van der Waals surface area (Å²) in [6.07, 6.45) is 9.58. The molecule has 0 N–H and O–H groups in total. The van der Waals surface area contributed by atoms with Gasteiger partial charge in [-0.15, -0.1) is 0 Å². The van der Waals surface area contributed by atoms with Gasteiger partial charge in [0, 0.05) is 32.5 Å². The summed E-state index contributed by atoms with van der Waals surface area (Å²) in [6.45, 7) is 9.40. The largest absolute Gasteiger partial charge is 0.455 e. The summed E-state index contributed by atoms with van der Waals surface area (Å²) in [4.78, 5) is 0. The Kier molecular flexibility index (Phi) is 5.02. The first-order chi connectivity index (χ1) is 22.5. The number of hydrogen-bond donors (Lipinski definition) is 0. The molecule has 2 heteroatoms. The van der Waals surface area contributed by atoms with Crippen molar-refractivity contribution in [2.45, 2.75) is 25.7 Å². The van der Waals surface area contributed by atoms with Crippen molar-refractivity contribution >= 4 is 60.1 Å². The summed E-state index contributed by atoms with van der Waals surface area (Å²) in [5.74, 6) is 0. The molecule has 2 nitrogen and oxygen atoms in total. The van der Waals surface area contributed by atoms with Crippen LogP contribution in [-0.4, -0.2) is 4.57 Å².